The Labute approximate surface area is 139 Å². The molecule has 0 bridgehead atoms. The molecule has 5 heteroatoms. The fourth-order valence-corrected chi connectivity index (χ4v) is 4.54. The van der Waals surface area contributed by atoms with Crippen molar-refractivity contribution in [2.24, 2.45) is 5.92 Å². The molecule has 1 atom stereocenters. The van der Waals surface area contributed by atoms with Gasteiger partial charge in [-0.3, -0.25) is 4.79 Å². The predicted molar refractivity (Wildman–Crippen MR) is 92.5 cm³/mol. The number of amides is 1. The fraction of sp³-hybridized carbons (Fsp3) is 0.412. The van der Waals surface area contributed by atoms with Crippen LogP contribution in [0.15, 0.2) is 40.9 Å². The van der Waals surface area contributed by atoms with Crippen molar-refractivity contribution in [3.63, 3.8) is 0 Å². The number of pyridine rings is 1. The van der Waals surface area contributed by atoms with E-state index in [2.05, 4.69) is 27.8 Å². The maximum atomic E-state index is 12.7. The molecule has 116 valence electrons. The highest BCUT2D eigenvalue weighted by atomic mass is 32.2. The molecular weight excluding hydrogens is 312 g/mol. The zero-order valence-electron chi connectivity index (χ0n) is 12.6. The van der Waals surface area contributed by atoms with Gasteiger partial charge in [-0.25, -0.2) is 4.98 Å². The van der Waals surface area contributed by atoms with Crippen molar-refractivity contribution in [3.05, 3.63) is 46.3 Å². The minimum Gasteiger partial charge on any atom is -0.344 e. The molecule has 0 saturated heterocycles. The average molecular weight is 332 g/mol. The van der Waals surface area contributed by atoms with Crippen LogP contribution in [0.5, 0.6) is 0 Å². The molecule has 1 aliphatic rings. The third-order valence-electron chi connectivity index (χ3n) is 4.22. The lowest BCUT2D eigenvalue weighted by atomic mass is 9.96. The molecule has 0 aliphatic heterocycles. The van der Waals surface area contributed by atoms with Gasteiger partial charge in [0.25, 0.3) is 5.91 Å². The lowest BCUT2D eigenvalue weighted by molar-refractivity contribution is 0.0919. The first-order valence-electron chi connectivity index (χ1n) is 7.63. The summed E-state index contributed by atoms with van der Waals surface area (Å²) in [6.07, 6.45) is 8.62. The molecule has 0 aromatic carbocycles. The van der Waals surface area contributed by atoms with Crippen LogP contribution in [0.2, 0.25) is 0 Å². The Hall–Kier alpha value is -1.33. The number of nitrogens with one attached hydrogen (secondary N) is 1. The Morgan fingerprint density at radius 1 is 1.36 bits per heavy atom. The second kappa shape index (κ2) is 7.29. The highest BCUT2D eigenvalue weighted by Crippen LogP contribution is 2.37. The largest absolute Gasteiger partial charge is 0.344 e. The van der Waals surface area contributed by atoms with Crippen LogP contribution in [-0.2, 0) is 0 Å². The molecule has 1 amide bonds. The minimum atomic E-state index is -0.0113. The Morgan fingerprint density at radius 2 is 2.18 bits per heavy atom. The third-order valence-corrected chi connectivity index (χ3v) is 5.88. The van der Waals surface area contributed by atoms with Crippen LogP contribution in [0.4, 0.5) is 0 Å². The fourth-order valence-electron chi connectivity index (χ4n) is 3.13. The highest BCUT2D eigenvalue weighted by Gasteiger charge is 2.29. The van der Waals surface area contributed by atoms with E-state index in [1.165, 1.54) is 42.3 Å². The number of aromatic nitrogens is 1. The summed E-state index contributed by atoms with van der Waals surface area (Å²) in [4.78, 5) is 18.3. The summed E-state index contributed by atoms with van der Waals surface area (Å²) >= 11 is 3.24. The second-order valence-corrected chi connectivity index (χ2v) is 7.35. The highest BCUT2D eigenvalue weighted by molar-refractivity contribution is 7.98. The molecule has 3 rings (SSSR count). The number of carbonyl (C=O) groups is 1. The monoisotopic (exact) mass is 332 g/mol. The molecule has 1 fully saturated rings. The first-order chi connectivity index (χ1) is 10.8. The Kier molecular flexibility index (Phi) is 5.16. The molecule has 0 radical (unpaired) electrons. The van der Waals surface area contributed by atoms with Crippen LogP contribution < -0.4 is 5.32 Å². The van der Waals surface area contributed by atoms with Gasteiger partial charge in [0.15, 0.2) is 0 Å². The van der Waals surface area contributed by atoms with Crippen molar-refractivity contribution in [1.29, 1.82) is 0 Å². The van der Waals surface area contributed by atoms with Gasteiger partial charge in [0, 0.05) is 11.1 Å². The average Bonchev–Trinajstić information content (AvgIpc) is 3.25. The Balaban J connectivity index is 1.82. The van der Waals surface area contributed by atoms with Crippen LogP contribution in [0.3, 0.4) is 0 Å². The van der Waals surface area contributed by atoms with E-state index in [-0.39, 0.29) is 11.9 Å². The van der Waals surface area contributed by atoms with E-state index < -0.39 is 0 Å². The van der Waals surface area contributed by atoms with E-state index >= 15 is 0 Å². The second-order valence-electron chi connectivity index (χ2n) is 5.57. The molecule has 1 N–H and O–H groups in total. The standard InChI is InChI=1S/C17H20N2OS2/c1-21-17-13(8-4-10-18-17)16(20)19-15(12-6-2-3-7-12)14-9-5-11-22-14/h4-5,8-12,15H,2-3,6-7H2,1H3,(H,19,20)/t15-/m0/s1. The van der Waals surface area contributed by atoms with Gasteiger partial charge in [-0.1, -0.05) is 18.9 Å². The number of hydrogen-bond acceptors (Lipinski definition) is 4. The van der Waals surface area contributed by atoms with Crippen molar-refractivity contribution < 1.29 is 4.79 Å². The zero-order chi connectivity index (χ0) is 15.4. The van der Waals surface area contributed by atoms with Gasteiger partial charge in [-0.15, -0.1) is 23.1 Å². The van der Waals surface area contributed by atoms with Gasteiger partial charge in [-0.2, -0.15) is 0 Å². The summed E-state index contributed by atoms with van der Waals surface area (Å²) in [5, 5.41) is 6.14. The van der Waals surface area contributed by atoms with Gasteiger partial charge < -0.3 is 5.32 Å². The first-order valence-corrected chi connectivity index (χ1v) is 9.73. The van der Waals surface area contributed by atoms with E-state index in [1.54, 1.807) is 17.5 Å². The smallest absolute Gasteiger partial charge is 0.254 e. The van der Waals surface area contributed by atoms with Crippen LogP contribution in [0, 0.1) is 5.92 Å². The maximum absolute atomic E-state index is 12.7. The number of thioether (sulfide) groups is 1. The number of hydrogen-bond donors (Lipinski definition) is 1. The van der Waals surface area contributed by atoms with Crippen LogP contribution >= 0.6 is 23.1 Å². The van der Waals surface area contributed by atoms with Gasteiger partial charge in [0.2, 0.25) is 0 Å². The van der Waals surface area contributed by atoms with Gasteiger partial charge in [0.05, 0.1) is 11.6 Å². The molecule has 1 aliphatic carbocycles. The molecular formula is C17H20N2OS2. The van der Waals surface area contributed by atoms with E-state index in [4.69, 9.17) is 0 Å². The SMILES string of the molecule is CSc1ncccc1C(=O)N[C@H](c1cccs1)C1CCCC1. The summed E-state index contributed by atoms with van der Waals surface area (Å²) < 4.78 is 0. The third kappa shape index (κ3) is 3.36. The first kappa shape index (κ1) is 15.6. The minimum absolute atomic E-state index is 0.0113. The van der Waals surface area contributed by atoms with Crippen LogP contribution in [-0.4, -0.2) is 17.1 Å². The molecule has 1 saturated carbocycles. The van der Waals surface area contributed by atoms with Crippen LogP contribution in [0.25, 0.3) is 0 Å². The quantitative estimate of drug-likeness (QED) is 0.818. The molecule has 0 spiro atoms. The Morgan fingerprint density at radius 3 is 2.86 bits per heavy atom. The van der Waals surface area contributed by atoms with E-state index in [0.29, 0.717) is 11.5 Å². The molecule has 3 nitrogen and oxygen atoms in total. The molecule has 2 heterocycles. The molecule has 0 unspecified atom stereocenters. The van der Waals surface area contributed by atoms with Gasteiger partial charge in [0.1, 0.15) is 5.03 Å². The van der Waals surface area contributed by atoms with E-state index in [9.17, 15) is 4.79 Å². The summed E-state index contributed by atoms with van der Waals surface area (Å²) in [6, 6.07) is 8.00. The molecule has 22 heavy (non-hydrogen) atoms. The maximum Gasteiger partial charge on any atom is 0.254 e. The number of carbonyl (C=O) groups excluding carboxylic acids is 1. The lowest BCUT2D eigenvalue weighted by Crippen LogP contribution is -2.32. The summed E-state index contributed by atoms with van der Waals surface area (Å²) in [5.41, 5.74) is 0.676. The lowest BCUT2D eigenvalue weighted by Gasteiger charge is -2.24. The van der Waals surface area contributed by atoms with E-state index in [1.807, 2.05) is 18.4 Å². The summed E-state index contributed by atoms with van der Waals surface area (Å²) in [5.74, 6) is 0.541. The molecule has 2 aromatic rings. The van der Waals surface area contributed by atoms with Crippen molar-refractivity contribution in [1.82, 2.24) is 10.3 Å². The van der Waals surface area contributed by atoms with Gasteiger partial charge >= 0.3 is 0 Å². The normalized spacial score (nSPS) is 16.6. The zero-order valence-corrected chi connectivity index (χ0v) is 14.3. The number of nitrogens with zero attached hydrogens (tertiary/aromatic N) is 1. The summed E-state index contributed by atoms with van der Waals surface area (Å²) in [6.45, 7) is 0. The van der Waals surface area contributed by atoms with Crippen molar-refractivity contribution in [2.45, 2.75) is 36.8 Å². The molecule has 2 aromatic heterocycles. The van der Waals surface area contributed by atoms with E-state index in [0.717, 1.165) is 5.03 Å². The number of thiophene rings is 1. The van der Waals surface area contributed by atoms with Gasteiger partial charge in [-0.05, 0) is 48.6 Å². The van der Waals surface area contributed by atoms with Crippen molar-refractivity contribution in [2.75, 3.05) is 6.26 Å². The van der Waals surface area contributed by atoms with Crippen molar-refractivity contribution in [3.8, 4) is 0 Å². The van der Waals surface area contributed by atoms with Crippen molar-refractivity contribution >= 4 is 29.0 Å². The Bertz CT molecular complexity index is 621. The number of rotatable bonds is 5. The van der Waals surface area contributed by atoms with Crippen LogP contribution in [0.1, 0.15) is 47.0 Å². The summed E-state index contributed by atoms with van der Waals surface area (Å²) in [7, 11) is 0. The predicted octanol–water partition coefficient (Wildman–Crippen LogP) is 4.53. The topological polar surface area (TPSA) is 42.0 Å².